The average molecular weight is 178 g/mol. The van der Waals surface area contributed by atoms with Gasteiger partial charge in [-0.25, -0.2) is 4.99 Å². The van der Waals surface area contributed by atoms with E-state index in [0.29, 0.717) is 0 Å². The van der Waals surface area contributed by atoms with Gasteiger partial charge in [-0.05, 0) is 17.0 Å². The molecule has 0 aromatic carbocycles. The first-order valence-electron chi connectivity index (χ1n) is 3.90. The Kier molecular flexibility index (Phi) is 2.23. The molecular formula is C9H10N2S. The molecule has 1 aliphatic heterocycles. The maximum atomic E-state index is 4.05. The molecule has 0 fully saturated rings. The molecule has 0 atom stereocenters. The molecule has 0 saturated carbocycles. The second kappa shape index (κ2) is 3.54. The monoisotopic (exact) mass is 178 g/mol. The van der Waals surface area contributed by atoms with Crippen molar-refractivity contribution in [2.24, 2.45) is 4.99 Å². The van der Waals surface area contributed by atoms with Crippen molar-refractivity contribution in [1.82, 2.24) is 5.32 Å². The molecular weight excluding hydrogens is 168 g/mol. The van der Waals surface area contributed by atoms with E-state index < -0.39 is 0 Å². The number of aliphatic imine (C=N–C) groups is 1. The summed E-state index contributed by atoms with van der Waals surface area (Å²) in [6.07, 6.45) is 4.70. The fourth-order valence-corrected chi connectivity index (χ4v) is 1.92. The van der Waals surface area contributed by atoms with Crippen LogP contribution >= 0.6 is 11.3 Å². The van der Waals surface area contributed by atoms with E-state index in [4.69, 9.17) is 0 Å². The van der Waals surface area contributed by atoms with Crippen LogP contribution in [0.3, 0.4) is 0 Å². The standard InChI is InChI=1S/C9H10N2S/c1-2-9(12-3-1)4-8-5-10-7-11-6-8/h1-3,5,7H,4,6H2,(H,10,11). The first kappa shape index (κ1) is 7.55. The van der Waals surface area contributed by atoms with Gasteiger partial charge in [0.1, 0.15) is 0 Å². The Morgan fingerprint density at radius 3 is 3.25 bits per heavy atom. The van der Waals surface area contributed by atoms with Crippen molar-refractivity contribution in [3.63, 3.8) is 0 Å². The Morgan fingerprint density at radius 2 is 2.58 bits per heavy atom. The Hall–Kier alpha value is -1.09. The predicted octanol–water partition coefficient (Wildman–Crippen LogP) is 1.81. The van der Waals surface area contributed by atoms with E-state index in [2.05, 4.69) is 27.8 Å². The maximum Gasteiger partial charge on any atom is 0.0881 e. The Morgan fingerprint density at radius 1 is 1.58 bits per heavy atom. The van der Waals surface area contributed by atoms with Crippen molar-refractivity contribution < 1.29 is 0 Å². The van der Waals surface area contributed by atoms with Gasteiger partial charge in [-0.2, -0.15) is 0 Å². The fourth-order valence-electron chi connectivity index (χ4n) is 1.16. The number of thiophene rings is 1. The molecule has 62 valence electrons. The topological polar surface area (TPSA) is 24.4 Å². The van der Waals surface area contributed by atoms with Crippen LogP contribution < -0.4 is 5.32 Å². The van der Waals surface area contributed by atoms with Gasteiger partial charge in [0.05, 0.1) is 6.34 Å². The van der Waals surface area contributed by atoms with Gasteiger partial charge < -0.3 is 5.32 Å². The molecule has 1 N–H and O–H groups in total. The SMILES string of the molecule is C1=NC=C(Cc2cccs2)CN1. The van der Waals surface area contributed by atoms with E-state index in [9.17, 15) is 0 Å². The first-order chi connectivity index (χ1) is 5.95. The van der Waals surface area contributed by atoms with Crippen LogP contribution in [0.4, 0.5) is 0 Å². The third kappa shape index (κ3) is 1.74. The second-order valence-corrected chi connectivity index (χ2v) is 3.73. The van der Waals surface area contributed by atoms with Gasteiger partial charge >= 0.3 is 0 Å². The van der Waals surface area contributed by atoms with Gasteiger partial charge in [-0.15, -0.1) is 11.3 Å². The molecule has 12 heavy (non-hydrogen) atoms. The minimum absolute atomic E-state index is 0.932. The van der Waals surface area contributed by atoms with Crippen LogP contribution in [0.15, 0.2) is 34.3 Å². The normalized spacial score (nSPS) is 15.5. The van der Waals surface area contributed by atoms with E-state index in [0.717, 1.165) is 13.0 Å². The number of nitrogens with zero attached hydrogens (tertiary/aromatic N) is 1. The van der Waals surface area contributed by atoms with Crippen molar-refractivity contribution in [2.75, 3.05) is 6.54 Å². The molecule has 0 aliphatic carbocycles. The summed E-state index contributed by atoms with van der Waals surface area (Å²) in [6, 6.07) is 4.24. The third-order valence-electron chi connectivity index (χ3n) is 1.73. The number of hydrogen-bond acceptors (Lipinski definition) is 3. The molecule has 1 aromatic heterocycles. The van der Waals surface area contributed by atoms with E-state index >= 15 is 0 Å². The smallest absolute Gasteiger partial charge is 0.0881 e. The average Bonchev–Trinajstić information content (AvgIpc) is 2.59. The molecule has 3 heteroatoms. The highest BCUT2D eigenvalue weighted by atomic mass is 32.1. The number of rotatable bonds is 2. The molecule has 0 amide bonds. The highest BCUT2D eigenvalue weighted by Crippen LogP contribution is 2.14. The summed E-state index contributed by atoms with van der Waals surface area (Å²) in [4.78, 5) is 5.45. The predicted molar refractivity (Wildman–Crippen MR) is 52.6 cm³/mol. The van der Waals surface area contributed by atoms with Crippen molar-refractivity contribution in [3.05, 3.63) is 34.2 Å². The highest BCUT2D eigenvalue weighted by molar-refractivity contribution is 7.09. The highest BCUT2D eigenvalue weighted by Gasteiger charge is 2.01. The number of hydrogen-bond donors (Lipinski definition) is 1. The van der Waals surface area contributed by atoms with E-state index in [1.807, 2.05) is 6.20 Å². The van der Waals surface area contributed by atoms with Crippen LogP contribution in [-0.4, -0.2) is 12.9 Å². The van der Waals surface area contributed by atoms with Crippen LogP contribution in [0.1, 0.15) is 4.88 Å². The maximum absolute atomic E-state index is 4.05. The van der Waals surface area contributed by atoms with Gasteiger partial charge in [0, 0.05) is 24.0 Å². The summed E-state index contributed by atoms with van der Waals surface area (Å²) in [5, 5.41) is 5.20. The zero-order chi connectivity index (χ0) is 8.23. The van der Waals surface area contributed by atoms with Gasteiger partial charge in [-0.1, -0.05) is 6.07 Å². The molecule has 0 radical (unpaired) electrons. The minimum atomic E-state index is 0.932. The summed E-state index contributed by atoms with van der Waals surface area (Å²) in [5.41, 5.74) is 1.35. The third-order valence-corrected chi connectivity index (χ3v) is 2.61. The molecule has 0 bridgehead atoms. The van der Waals surface area contributed by atoms with Gasteiger partial charge in [-0.3, -0.25) is 0 Å². The first-order valence-corrected chi connectivity index (χ1v) is 4.78. The lowest BCUT2D eigenvalue weighted by atomic mass is 10.2. The summed E-state index contributed by atoms with van der Waals surface area (Å²) >= 11 is 1.80. The van der Waals surface area contributed by atoms with Crippen LogP contribution in [0, 0.1) is 0 Å². The van der Waals surface area contributed by atoms with Crippen LogP contribution in [0.5, 0.6) is 0 Å². The Balaban J connectivity index is 2.03. The largest absolute Gasteiger partial charge is 0.372 e. The van der Waals surface area contributed by atoms with E-state index in [1.165, 1.54) is 10.5 Å². The molecule has 2 rings (SSSR count). The Bertz CT molecular complexity index is 298. The zero-order valence-corrected chi connectivity index (χ0v) is 7.47. The second-order valence-electron chi connectivity index (χ2n) is 2.70. The summed E-state index contributed by atoms with van der Waals surface area (Å²) in [5.74, 6) is 0. The molecule has 0 spiro atoms. The summed E-state index contributed by atoms with van der Waals surface area (Å²) < 4.78 is 0. The van der Waals surface area contributed by atoms with Crippen LogP contribution in [0.25, 0.3) is 0 Å². The van der Waals surface area contributed by atoms with Crippen LogP contribution in [-0.2, 0) is 6.42 Å². The molecule has 1 aromatic rings. The van der Waals surface area contributed by atoms with Crippen molar-refractivity contribution in [2.45, 2.75) is 6.42 Å². The molecule has 2 heterocycles. The molecule has 0 unspecified atom stereocenters. The lowest BCUT2D eigenvalue weighted by Gasteiger charge is -2.07. The van der Waals surface area contributed by atoms with Gasteiger partial charge in [0.2, 0.25) is 0 Å². The lowest BCUT2D eigenvalue weighted by Crippen LogP contribution is -2.18. The fraction of sp³-hybridized carbons (Fsp3) is 0.222. The van der Waals surface area contributed by atoms with E-state index in [1.54, 1.807) is 17.7 Å². The zero-order valence-electron chi connectivity index (χ0n) is 6.66. The van der Waals surface area contributed by atoms with Gasteiger partial charge in [0.15, 0.2) is 0 Å². The number of nitrogens with one attached hydrogen (secondary N) is 1. The van der Waals surface area contributed by atoms with Crippen molar-refractivity contribution in [3.8, 4) is 0 Å². The molecule has 1 aliphatic rings. The van der Waals surface area contributed by atoms with Crippen LogP contribution in [0.2, 0.25) is 0 Å². The molecule has 0 saturated heterocycles. The van der Waals surface area contributed by atoms with E-state index in [-0.39, 0.29) is 0 Å². The van der Waals surface area contributed by atoms with Gasteiger partial charge in [0.25, 0.3) is 0 Å². The minimum Gasteiger partial charge on any atom is -0.372 e. The lowest BCUT2D eigenvalue weighted by molar-refractivity contribution is 0.931. The van der Waals surface area contributed by atoms with Crippen molar-refractivity contribution in [1.29, 1.82) is 0 Å². The molecule has 2 nitrogen and oxygen atoms in total. The quantitative estimate of drug-likeness (QED) is 0.733. The Labute approximate surface area is 75.6 Å². The summed E-state index contributed by atoms with van der Waals surface area (Å²) in [7, 11) is 0. The van der Waals surface area contributed by atoms with Crippen molar-refractivity contribution >= 4 is 17.7 Å². The summed E-state index contributed by atoms with van der Waals surface area (Å²) in [6.45, 7) is 0.932.